The number of nitrogens with zero attached hydrogens (tertiary/aromatic N) is 1. The third kappa shape index (κ3) is 3.13. The lowest BCUT2D eigenvalue weighted by Crippen LogP contribution is -2.52. The third-order valence-electron chi connectivity index (χ3n) is 3.64. The molecule has 1 aromatic heterocycles. The molecular formula is C15H15FN2O4S. The summed E-state index contributed by atoms with van der Waals surface area (Å²) < 4.78 is 45.4. The Hall–Kier alpha value is -2.19. The number of sulfonamides is 1. The van der Waals surface area contributed by atoms with Crippen molar-refractivity contribution in [1.82, 2.24) is 4.72 Å². The van der Waals surface area contributed by atoms with Gasteiger partial charge < -0.3 is 9.32 Å². The number of hydrogen-bond donors (Lipinski definition) is 1. The predicted octanol–water partition coefficient (Wildman–Crippen LogP) is 1.89. The van der Waals surface area contributed by atoms with Crippen molar-refractivity contribution in [3.05, 3.63) is 48.5 Å². The number of anilines is 1. The molecule has 2 aromatic rings. The molecule has 1 N–H and O–H groups in total. The van der Waals surface area contributed by atoms with Crippen LogP contribution >= 0.6 is 0 Å². The van der Waals surface area contributed by atoms with Gasteiger partial charge in [0.1, 0.15) is 11.9 Å². The van der Waals surface area contributed by atoms with Crippen molar-refractivity contribution in [3.8, 4) is 0 Å². The van der Waals surface area contributed by atoms with E-state index in [0.29, 0.717) is 19.4 Å². The summed E-state index contributed by atoms with van der Waals surface area (Å²) in [5.74, 6) is -0.994. The maximum Gasteiger partial charge on any atom is 0.274 e. The Balaban J connectivity index is 1.82. The average Bonchev–Trinajstić information content (AvgIpc) is 3.05. The van der Waals surface area contributed by atoms with Crippen molar-refractivity contribution in [2.45, 2.75) is 24.0 Å². The molecule has 1 aliphatic rings. The van der Waals surface area contributed by atoms with Crippen LogP contribution in [0.25, 0.3) is 0 Å². The lowest BCUT2D eigenvalue weighted by Gasteiger charge is -2.32. The van der Waals surface area contributed by atoms with E-state index >= 15 is 0 Å². The van der Waals surface area contributed by atoms with Gasteiger partial charge in [0, 0.05) is 6.54 Å². The molecule has 1 fully saturated rings. The maximum absolute atomic E-state index is 13.9. The van der Waals surface area contributed by atoms with Gasteiger partial charge in [0.05, 0.1) is 12.0 Å². The van der Waals surface area contributed by atoms with Crippen LogP contribution in [0.15, 0.2) is 52.2 Å². The Morgan fingerprint density at radius 1 is 1.22 bits per heavy atom. The predicted molar refractivity (Wildman–Crippen MR) is 80.8 cm³/mol. The molecule has 0 saturated carbocycles. The number of halogens is 1. The van der Waals surface area contributed by atoms with Gasteiger partial charge in [0.2, 0.25) is 11.0 Å². The lowest BCUT2D eigenvalue weighted by atomic mass is 10.0. The minimum Gasteiger partial charge on any atom is -0.452 e. The summed E-state index contributed by atoms with van der Waals surface area (Å²) in [7, 11) is -3.92. The first-order valence-corrected chi connectivity index (χ1v) is 8.59. The lowest BCUT2D eigenvalue weighted by molar-refractivity contribution is -0.121. The van der Waals surface area contributed by atoms with Gasteiger partial charge in [0.25, 0.3) is 10.0 Å². The van der Waals surface area contributed by atoms with E-state index in [1.54, 1.807) is 6.07 Å². The number of carbonyl (C=O) groups is 1. The van der Waals surface area contributed by atoms with Gasteiger partial charge in [-0.3, -0.25) is 4.79 Å². The van der Waals surface area contributed by atoms with Crippen LogP contribution in [0.3, 0.4) is 0 Å². The van der Waals surface area contributed by atoms with E-state index < -0.39 is 27.8 Å². The molecule has 1 amide bonds. The second kappa shape index (κ2) is 6.13. The van der Waals surface area contributed by atoms with E-state index in [1.807, 2.05) is 0 Å². The highest BCUT2D eigenvalue weighted by Gasteiger charge is 2.34. The molecule has 3 rings (SSSR count). The van der Waals surface area contributed by atoms with Gasteiger partial charge in [-0.15, -0.1) is 0 Å². The molecular weight excluding hydrogens is 323 g/mol. The molecule has 0 aliphatic carbocycles. The summed E-state index contributed by atoms with van der Waals surface area (Å²) in [6.07, 6.45) is 2.15. The molecule has 6 nitrogen and oxygen atoms in total. The van der Waals surface area contributed by atoms with E-state index in [2.05, 4.69) is 4.72 Å². The topological polar surface area (TPSA) is 79.6 Å². The van der Waals surface area contributed by atoms with Crippen molar-refractivity contribution >= 4 is 21.6 Å². The number of para-hydroxylation sites is 1. The van der Waals surface area contributed by atoms with Gasteiger partial charge in [-0.05, 0) is 37.1 Å². The van der Waals surface area contributed by atoms with Crippen molar-refractivity contribution in [3.63, 3.8) is 0 Å². The van der Waals surface area contributed by atoms with Crippen LogP contribution in [0.5, 0.6) is 0 Å². The number of hydrogen-bond acceptors (Lipinski definition) is 4. The number of benzene rings is 1. The Labute approximate surface area is 132 Å². The summed E-state index contributed by atoms with van der Waals surface area (Å²) in [6.45, 7) is 0.346. The number of piperidine rings is 1. The molecule has 1 saturated heterocycles. The Kier molecular flexibility index (Phi) is 4.18. The van der Waals surface area contributed by atoms with E-state index in [0.717, 1.165) is 0 Å². The first kappa shape index (κ1) is 15.7. The fraction of sp³-hybridized carbons (Fsp3) is 0.267. The van der Waals surface area contributed by atoms with Crippen LogP contribution in [0.2, 0.25) is 0 Å². The fourth-order valence-electron chi connectivity index (χ4n) is 2.56. The largest absolute Gasteiger partial charge is 0.452 e. The summed E-state index contributed by atoms with van der Waals surface area (Å²) in [5, 5.41) is -0.256. The van der Waals surface area contributed by atoms with Crippen LogP contribution in [-0.4, -0.2) is 26.9 Å². The molecule has 23 heavy (non-hydrogen) atoms. The van der Waals surface area contributed by atoms with Crippen molar-refractivity contribution in [1.29, 1.82) is 0 Å². The van der Waals surface area contributed by atoms with Gasteiger partial charge in [-0.2, -0.15) is 4.72 Å². The summed E-state index contributed by atoms with van der Waals surface area (Å²) >= 11 is 0. The van der Waals surface area contributed by atoms with E-state index in [-0.39, 0.29) is 10.8 Å². The minimum absolute atomic E-state index is 0.152. The van der Waals surface area contributed by atoms with Crippen molar-refractivity contribution in [2.24, 2.45) is 0 Å². The second-order valence-corrected chi connectivity index (χ2v) is 6.83. The molecule has 0 spiro atoms. The zero-order valence-corrected chi connectivity index (χ0v) is 12.9. The number of carbonyl (C=O) groups excluding carboxylic acids is 1. The first-order valence-electron chi connectivity index (χ1n) is 7.11. The second-order valence-electron chi connectivity index (χ2n) is 5.19. The van der Waals surface area contributed by atoms with Crippen LogP contribution in [0.1, 0.15) is 12.8 Å². The van der Waals surface area contributed by atoms with E-state index in [4.69, 9.17) is 4.42 Å². The Bertz CT molecular complexity index is 805. The summed E-state index contributed by atoms with van der Waals surface area (Å²) in [5.41, 5.74) is 0.152. The highest BCUT2D eigenvalue weighted by molar-refractivity contribution is 7.89. The van der Waals surface area contributed by atoms with Crippen LogP contribution < -0.4 is 9.62 Å². The zero-order valence-electron chi connectivity index (χ0n) is 12.1. The molecule has 0 unspecified atom stereocenters. The first-order chi connectivity index (χ1) is 11.0. The Morgan fingerprint density at radius 3 is 2.70 bits per heavy atom. The highest BCUT2D eigenvalue weighted by Crippen LogP contribution is 2.24. The van der Waals surface area contributed by atoms with Gasteiger partial charge in [0.15, 0.2) is 0 Å². The standard InChI is InChI=1S/C15H15FN2O4S/c16-11-5-1-2-7-13(11)18-9-3-6-12(15(18)19)17-23(20,21)14-8-4-10-22-14/h1-2,4-5,7-8,10,12,17H,3,6,9H2/t12-/m1/s1. The minimum atomic E-state index is -3.92. The maximum atomic E-state index is 13.9. The van der Waals surface area contributed by atoms with E-state index in [1.165, 1.54) is 41.5 Å². The normalized spacial score (nSPS) is 19.1. The van der Waals surface area contributed by atoms with Gasteiger partial charge >= 0.3 is 0 Å². The molecule has 1 atom stereocenters. The number of nitrogens with one attached hydrogen (secondary N) is 1. The van der Waals surface area contributed by atoms with Gasteiger partial charge in [-0.25, -0.2) is 12.8 Å². The van der Waals surface area contributed by atoms with Crippen molar-refractivity contribution < 1.29 is 22.0 Å². The SMILES string of the molecule is O=C1[C@H](NS(=O)(=O)c2ccco2)CCCN1c1ccccc1F. The summed E-state index contributed by atoms with van der Waals surface area (Å²) in [4.78, 5) is 13.8. The van der Waals surface area contributed by atoms with Crippen LogP contribution in [0.4, 0.5) is 10.1 Å². The molecule has 0 bridgehead atoms. The molecule has 122 valence electrons. The fourth-order valence-corrected chi connectivity index (χ4v) is 3.71. The quantitative estimate of drug-likeness (QED) is 0.923. The molecule has 1 aliphatic heterocycles. The molecule has 1 aromatic carbocycles. The van der Waals surface area contributed by atoms with Crippen molar-refractivity contribution in [2.75, 3.05) is 11.4 Å². The summed E-state index contributed by atoms with van der Waals surface area (Å²) in [6, 6.07) is 7.72. The number of furan rings is 1. The molecule has 0 radical (unpaired) electrons. The highest BCUT2D eigenvalue weighted by atomic mass is 32.2. The molecule has 2 heterocycles. The Morgan fingerprint density at radius 2 is 2.00 bits per heavy atom. The monoisotopic (exact) mass is 338 g/mol. The molecule has 8 heteroatoms. The van der Waals surface area contributed by atoms with Gasteiger partial charge in [-0.1, -0.05) is 12.1 Å². The van der Waals surface area contributed by atoms with E-state index in [9.17, 15) is 17.6 Å². The smallest absolute Gasteiger partial charge is 0.274 e. The zero-order chi connectivity index (χ0) is 16.4. The van der Waals surface area contributed by atoms with Crippen LogP contribution in [-0.2, 0) is 14.8 Å². The average molecular weight is 338 g/mol. The van der Waals surface area contributed by atoms with Crippen LogP contribution in [0, 0.1) is 5.82 Å². The number of amides is 1. The third-order valence-corrected chi connectivity index (χ3v) is 5.00. The number of rotatable bonds is 4.